The van der Waals surface area contributed by atoms with E-state index in [1.54, 1.807) is 0 Å². The standard InChI is InChI=1S/C12H26N6O.BrH/c1-5-17(6-2)8-7-9-19-18-11(14)15-10(13)16-12(18,3)4;/h5-9H2,1-4H3,(H4,13,14,15,16);1H. The lowest BCUT2D eigenvalue weighted by Gasteiger charge is -2.36. The van der Waals surface area contributed by atoms with Gasteiger partial charge in [0.2, 0.25) is 11.9 Å². The predicted octanol–water partition coefficient (Wildman–Crippen LogP) is 0.909. The third-order valence-corrected chi connectivity index (χ3v) is 3.06. The van der Waals surface area contributed by atoms with E-state index in [0.717, 1.165) is 26.1 Å². The first-order chi connectivity index (χ1) is 8.90. The Labute approximate surface area is 131 Å². The van der Waals surface area contributed by atoms with Gasteiger partial charge >= 0.3 is 0 Å². The zero-order valence-corrected chi connectivity index (χ0v) is 14.5. The lowest BCUT2D eigenvalue weighted by Crippen LogP contribution is -2.53. The molecule has 1 aliphatic heterocycles. The Bertz CT molecular complexity index is 354. The zero-order chi connectivity index (χ0) is 14.5. The van der Waals surface area contributed by atoms with Crippen molar-refractivity contribution in [2.45, 2.75) is 39.8 Å². The average molecular weight is 351 g/mol. The molecule has 0 aliphatic carbocycles. The number of hydroxylamine groups is 2. The number of aliphatic imine (C=N–C) groups is 2. The number of rotatable bonds is 7. The third-order valence-electron chi connectivity index (χ3n) is 3.06. The van der Waals surface area contributed by atoms with Crippen molar-refractivity contribution in [3.63, 3.8) is 0 Å². The molecule has 8 heteroatoms. The lowest BCUT2D eigenvalue weighted by molar-refractivity contribution is -0.158. The molecule has 0 amide bonds. The maximum atomic E-state index is 5.82. The molecule has 118 valence electrons. The Kier molecular flexibility index (Phi) is 8.07. The van der Waals surface area contributed by atoms with Gasteiger partial charge in [0.25, 0.3) is 0 Å². The maximum Gasteiger partial charge on any atom is 0.226 e. The molecule has 0 saturated carbocycles. The Morgan fingerprint density at radius 3 is 2.35 bits per heavy atom. The molecular weight excluding hydrogens is 324 g/mol. The zero-order valence-electron chi connectivity index (χ0n) is 12.8. The second-order valence-corrected chi connectivity index (χ2v) is 4.94. The fraction of sp³-hybridized carbons (Fsp3) is 0.833. The minimum Gasteiger partial charge on any atom is -0.368 e. The highest BCUT2D eigenvalue weighted by atomic mass is 79.9. The van der Waals surface area contributed by atoms with E-state index in [2.05, 4.69) is 28.7 Å². The van der Waals surface area contributed by atoms with Crippen LogP contribution in [0, 0.1) is 0 Å². The van der Waals surface area contributed by atoms with Crippen molar-refractivity contribution in [2.24, 2.45) is 21.5 Å². The molecule has 0 aromatic rings. The molecule has 1 heterocycles. The largest absolute Gasteiger partial charge is 0.368 e. The maximum absolute atomic E-state index is 5.82. The van der Waals surface area contributed by atoms with Crippen LogP contribution in [0.1, 0.15) is 34.1 Å². The summed E-state index contributed by atoms with van der Waals surface area (Å²) in [5, 5.41) is 1.52. The van der Waals surface area contributed by atoms with Gasteiger partial charge in [-0.05, 0) is 33.4 Å². The number of nitrogens with two attached hydrogens (primary N) is 2. The molecule has 0 aromatic carbocycles. The number of halogens is 1. The monoisotopic (exact) mass is 350 g/mol. The van der Waals surface area contributed by atoms with E-state index in [1.165, 1.54) is 5.06 Å². The van der Waals surface area contributed by atoms with Gasteiger partial charge in [-0.15, -0.1) is 17.0 Å². The second kappa shape index (κ2) is 8.43. The minimum atomic E-state index is -0.620. The predicted molar refractivity (Wildman–Crippen MR) is 87.8 cm³/mol. The van der Waals surface area contributed by atoms with Crippen molar-refractivity contribution in [2.75, 3.05) is 26.2 Å². The van der Waals surface area contributed by atoms with Crippen LogP contribution in [0.2, 0.25) is 0 Å². The Hall–Kier alpha value is -0.860. The molecule has 1 aliphatic rings. The normalized spacial score (nSPS) is 17.6. The lowest BCUT2D eigenvalue weighted by atomic mass is 10.2. The first-order valence-corrected chi connectivity index (χ1v) is 6.75. The van der Waals surface area contributed by atoms with Crippen LogP contribution in [0.4, 0.5) is 0 Å². The molecule has 0 spiro atoms. The summed E-state index contributed by atoms with van der Waals surface area (Å²) in [6.07, 6.45) is 0.931. The molecule has 0 saturated heterocycles. The number of hydrogen-bond acceptors (Lipinski definition) is 7. The molecule has 1 rings (SSSR count). The quantitative estimate of drug-likeness (QED) is 0.665. The van der Waals surface area contributed by atoms with E-state index in [-0.39, 0.29) is 28.9 Å². The molecule has 0 aromatic heterocycles. The van der Waals surface area contributed by atoms with Crippen molar-refractivity contribution in [1.82, 2.24) is 9.96 Å². The number of nitrogens with zero attached hydrogens (tertiary/aromatic N) is 4. The van der Waals surface area contributed by atoms with Crippen LogP contribution < -0.4 is 11.5 Å². The summed E-state index contributed by atoms with van der Waals surface area (Å²) in [7, 11) is 0. The molecular formula is C12H27BrN6O. The highest BCUT2D eigenvalue weighted by Gasteiger charge is 2.32. The van der Waals surface area contributed by atoms with Gasteiger partial charge in [0, 0.05) is 6.54 Å². The highest BCUT2D eigenvalue weighted by molar-refractivity contribution is 8.93. The smallest absolute Gasteiger partial charge is 0.226 e. The van der Waals surface area contributed by atoms with Crippen molar-refractivity contribution in [1.29, 1.82) is 0 Å². The van der Waals surface area contributed by atoms with Crippen LogP contribution in [0.25, 0.3) is 0 Å². The van der Waals surface area contributed by atoms with E-state index in [1.807, 2.05) is 13.8 Å². The third kappa shape index (κ3) is 5.26. The van der Waals surface area contributed by atoms with Crippen LogP contribution in [0.3, 0.4) is 0 Å². The van der Waals surface area contributed by atoms with Crippen LogP contribution in [-0.2, 0) is 4.84 Å². The van der Waals surface area contributed by atoms with E-state index >= 15 is 0 Å². The summed E-state index contributed by atoms with van der Waals surface area (Å²) in [6.45, 7) is 11.7. The second-order valence-electron chi connectivity index (χ2n) is 4.94. The van der Waals surface area contributed by atoms with Crippen LogP contribution in [0.5, 0.6) is 0 Å². The highest BCUT2D eigenvalue weighted by Crippen LogP contribution is 2.19. The molecule has 0 unspecified atom stereocenters. The van der Waals surface area contributed by atoms with Gasteiger partial charge in [0.1, 0.15) is 0 Å². The fourth-order valence-corrected chi connectivity index (χ4v) is 2.00. The van der Waals surface area contributed by atoms with Gasteiger partial charge in [-0.3, -0.25) is 4.84 Å². The van der Waals surface area contributed by atoms with E-state index in [4.69, 9.17) is 16.3 Å². The van der Waals surface area contributed by atoms with Crippen LogP contribution in [0.15, 0.2) is 9.98 Å². The molecule has 0 radical (unpaired) electrons. The van der Waals surface area contributed by atoms with Crippen molar-refractivity contribution >= 4 is 28.9 Å². The van der Waals surface area contributed by atoms with Crippen molar-refractivity contribution in [3.05, 3.63) is 0 Å². The number of guanidine groups is 2. The number of hydrogen-bond donors (Lipinski definition) is 2. The Morgan fingerprint density at radius 2 is 1.85 bits per heavy atom. The molecule has 4 N–H and O–H groups in total. The SMILES string of the molecule is Br.CCN(CC)CCCON1C(N)=NC(N)=NC1(C)C. The molecule has 7 nitrogen and oxygen atoms in total. The summed E-state index contributed by atoms with van der Waals surface area (Å²) >= 11 is 0. The summed E-state index contributed by atoms with van der Waals surface area (Å²) in [5.74, 6) is 0.436. The minimum absolute atomic E-state index is 0. The van der Waals surface area contributed by atoms with Gasteiger partial charge in [-0.2, -0.15) is 10.1 Å². The molecule has 0 bridgehead atoms. The van der Waals surface area contributed by atoms with Gasteiger partial charge in [0.15, 0.2) is 5.66 Å². The van der Waals surface area contributed by atoms with E-state index < -0.39 is 5.66 Å². The van der Waals surface area contributed by atoms with Gasteiger partial charge < -0.3 is 16.4 Å². The van der Waals surface area contributed by atoms with E-state index in [9.17, 15) is 0 Å². The Balaban J connectivity index is 0.00000361. The summed E-state index contributed by atoms with van der Waals surface area (Å²) in [6, 6.07) is 0. The summed E-state index contributed by atoms with van der Waals surface area (Å²) in [4.78, 5) is 16.2. The van der Waals surface area contributed by atoms with Crippen LogP contribution in [-0.4, -0.2) is 53.8 Å². The molecule has 0 atom stereocenters. The summed E-state index contributed by atoms with van der Waals surface area (Å²) < 4.78 is 0. The van der Waals surface area contributed by atoms with Crippen molar-refractivity contribution < 1.29 is 4.84 Å². The average Bonchev–Trinajstić information content (AvgIpc) is 2.31. The van der Waals surface area contributed by atoms with Gasteiger partial charge in [-0.1, -0.05) is 13.8 Å². The first kappa shape index (κ1) is 19.1. The van der Waals surface area contributed by atoms with Crippen LogP contribution >= 0.6 is 17.0 Å². The Morgan fingerprint density at radius 1 is 1.25 bits per heavy atom. The fourth-order valence-electron chi connectivity index (χ4n) is 2.00. The van der Waals surface area contributed by atoms with E-state index in [0.29, 0.717) is 6.61 Å². The molecule has 20 heavy (non-hydrogen) atoms. The van der Waals surface area contributed by atoms with Crippen molar-refractivity contribution in [3.8, 4) is 0 Å². The first-order valence-electron chi connectivity index (χ1n) is 6.75. The summed E-state index contributed by atoms with van der Waals surface area (Å²) in [5.41, 5.74) is 10.8. The topological polar surface area (TPSA) is 92.5 Å². The van der Waals surface area contributed by atoms with Gasteiger partial charge in [0.05, 0.1) is 6.61 Å². The molecule has 0 fully saturated rings. The van der Waals surface area contributed by atoms with Gasteiger partial charge in [-0.25, -0.2) is 4.99 Å².